The van der Waals surface area contributed by atoms with E-state index in [0.29, 0.717) is 6.04 Å². The van der Waals surface area contributed by atoms with E-state index in [1.54, 1.807) is 30.3 Å². The Morgan fingerprint density at radius 1 is 1.16 bits per heavy atom. The predicted octanol–water partition coefficient (Wildman–Crippen LogP) is 3.20. The maximum absolute atomic E-state index is 12.0. The summed E-state index contributed by atoms with van der Waals surface area (Å²) in [5.74, 6) is 0.746. The predicted molar refractivity (Wildman–Crippen MR) is 140 cm³/mol. The molecule has 0 atom stereocenters. The molecule has 6 nitrogen and oxygen atoms in total. The molecule has 3 rings (SSSR count). The van der Waals surface area contributed by atoms with E-state index in [4.69, 9.17) is 0 Å². The first-order chi connectivity index (χ1) is 14.6. The number of hydrogen-bond donors (Lipinski definition) is 2. The quantitative estimate of drug-likeness (QED) is 0.299. The lowest BCUT2D eigenvalue weighted by Gasteiger charge is -2.33. The van der Waals surface area contributed by atoms with Crippen LogP contribution in [0.2, 0.25) is 0 Å². The first-order valence-electron chi connectivity index (χ1n) is 10.6. The number of aliphatic imine (C=N–C) groups is 1. The Balaban J connectivity index is 0.00000341. The zero-order valence-corrected chi connectivity index (χ0v) is 21.6. The summed E-state index contributed by atoms with van der Waals surface area (Å²) in [4.78, 5) is 21.9. The van der Waals surface area contributed by atoms with E-state index < -0.39 is 0 Å². The van der Waals surface area contributed by atoms with Crippen molar-refractivity contribution in [3.8, 4) is 0 Å². The van der Waals surface area contributed by atoms with Gasteiger partial charge in [0.2, 0.25) is 5.91 Å². The van der Waals surface area contributed by atoms with Crippen molar-refractivity contribution in [1.82, 2.24) is 20.4 Å². The number of thiophene rings is 1. The first kappa shape index (κ1) is 25.6. The van der Waals surface area contributed by atoms with Crippen LogP contribution in [-0.4, -0.2) is 68.0 Å². The standard InChI is InChI=1S/C23H33N5OS.HI/c1-27(2)22(29)17-25-23(24-13-10-21-9-6-16-30-21)26-20-11-14-28(15-12-20)18-19-7-4-3-5-8-19;/h3-9,16,20H,10-15,17-18H2,1-2H3,(H2,24,25,26);1H. The Morgan fingerprint density at radius 3 is 2.55 bits per heavy atom. The fourth-order valence-corrected chi connectivity index (χ4v) is 4.18. The van der Waals surface area contributed by atoms with E-state index in [9.17, 15) is 4.79 Å². The number of guanidine groups is 1. The van der Waals surface area contributed by atoms with Gasteiger partial charge in [-0.25, -0.2) is 4.99 Å². The lowest BCUT2D eigenvalue weighted by Crippen LogP contribution is -2.49. The molecule has 0 radical (unpaired) electrons. The number of hydrogen-bond acceptors (Lipinski definition) is 4. The van der Waals surface area contributed by atoms with E-state index in [0.717, 1.165) is 51.4 Å². The van der Waals surface area contributed by atoms with Gasteiger partial charge in [-0.3, -0.25) is 9.69 Å². The van der Waals surface area contributed by atoms with Crippen LogP contribution in [0.1, 0.15) is 23.3 Å². The fraction of sp³-hybridized carbons (Fsp3) is 0.478. The van der Waals surface area contributed by atoms with E-state index in [2.05, 4.69) is 68.4 Å². The van der Waals surface area contributed by atoms with Crippen LogP contribution in [0.15, 0.2) is 52.8 Å². The minimum Gasteiger partial charge on any atom is -0.356 e. The molecule has 1 aromatic heterocycles. The molecule has 1 fully saturated rings. The number of rotatable bonds is 8. The molecular formula is C23H34IN5OS. The molecule has 1 aliphatic heterocycles. The van der Waals surface area contributed by atoms with Gasteiger partial charge in [-0.1, -0.05) is 36.4 Å². The van der Waals surface area contributed by atoms with Gasteiger partial charge >= 0.3 is 0 Å². The van der Waals surface area contributed by atoms with Crippen molar-refractivity contribution in [3.63, 3.8) is 0 Å². The number of halogens is 1. The maximum atomic E-state index is 12.0. The van der Waals surface area contributed by atoms with Crippen molar-refractivity contribution in [2.75, 3.05) is 40.3 Å². The first-order valence-corrected chi connectivity index (χ1v) is 11.5. The van der Waals surface area contributed by atoms with Crippen LogP contribution in [-0.2, 0) is 17.8 Å². The van der Waals surface area contributed by atoms with Crippen molar-refractivity contribution in [2.45, 2.75) is 31.8 Å². The van der Waals surface area contributed by atoms with Crippen molar-refractivity contribution in [3.05, 3.63) is 58.3 Å². The number of likely N-dealkylation sites (tertiary alicyclic amines) is 1. The number of nitrogens with one attached hydrogen (secondary N) is 2. The largest absolute Gasteiger partial charge is 0.356 e. The lowest BCUT2D eigenvalue weighted by molar-refractivity contribution is -0.127. The third-order valence-electron chi connectivity index (χ3n) is 5.29. The third kappa shape index (κ3) is 9.16. The minimum absolute atomic E-state index is 0. The summed E-state index contributed by atoms with van der Waals surface area (Å²) in [6, 6.07) is 15.2. The second kappa shape index (κ2) is 13.7. The number of piperidine rings is 1. The molecule has 1 saturated heterocycles. The minimum atomic E-state index is 0. The van der Waals surface area contributed by atoms with Gasteiger partial charge in [0.05, 0.1) is 0 Å². The van der Waals surface area contributed by atoms with Crippen LogP contribution in [0.3, 0.4) is 0 Å². The van der Waals surface area contributed by atoms with E-state index in [1.807, 2.05) is 0 Å². The molecule has 170 valence electrons. The summed E-state index contributed by atoms with van der Waals surface area (Å²) in [5.41, 5.74) is 1.36. The molecule has 0 spiro atoms. The van der Waals surface area contributed by atoms with Gasteiger partial charge in [0.25, 0.3) is 0 Å². The van der Waals surface area contributed by atoms with E-state index >= 15 is 0 Å². The van der Waals surface area contributed by atoms with Gasteiger partial charge < -0.3 is 15.5 Å². The topological polar surface area (TPSA) is 60.0 Å². The molecule has 2 N–H and O–H groups in total. The molecule has 2 aromatic rings. The Bertz CT molecular complexity index is 790. The van der Waals surface area contributed by atoms with Crippen molar-refractivity contribution >= 4 is 47.2 Å². The summed E-state index contributed by atoms with van der Waals surface area (Å²) >= 11 is 1.77. The highest BCUT2D eigenvalue weighted by molar-refractivity contribution is 14.0. The SMILES string of the molecule is CN(C)C(=O)CN=C(NCCc1cccs1)NC1CCN(Cc2ccccc2)CC1.I. The van der Waals surface area contributed by atoms with Gasteiger partial charge in [0.1, 0.15) is 6.54 Å². The van der Waals surface area contributed by atoms with Crippen molar-refractivity contribution in [2.24, 2.45) is 4.99 Å². The fourth-order valence-electron chi connectivity index (χ4n) is 3.47. The summed E-state index contributed by atoms with van der Waals surface area (Å²) in [5, 5.41) is 9.07. The normalized spacial score (nSPS) is 15.2. The van der Waals surface area contributed by atoms with Crippen LogP contribution in [0.5, 0.6) is 0 Å². The molecule has 31 heavy (non-hydrogen) atoms. The van der Waals surface area contributed by atoms with Gasteiger partial charge in [-0.2, -0.15) is 0 Å². The van der Waals surface area contributed by atoms with Crippen LogP contribution in [0.4, 0.5) is 0 Å². The third-order valence-corrected chi connectivity index (χ3v) is 6.23. The molecule has 2 heterocycles. The highest BCUT2D eigenvalue weighted by Crippen LogP contribution is 2.14. The molecule has 0 saturated carbocycles. The molecule has 1 aliphatic rings. The van der Waals surface area contributed by atoms with Gasteiger partial charge in [0, 0.05) is 51.2 Å². The second-order valence-corrected chi connectivity index (χ2v) is 8.92. The van der Waals surface area contributed by atoms with Crippen LogP contribution in [0, 0.1) is 0 Å². The molecule has 8 heteroatoms. The van der Waals surface area contributed by atoms with Crippen molar-refractivity contribution < 1.29 is 4.79 Å². The monoisotopic (exact) mass is 555 g/mol. The van der Waals surface area contributed by atoms with E-state index in [1.165, 1.54) is 10.4 Å². The van der Waals surface area contributed by atoms with Crippen LogP contribution >= 0.6 is 35.3 Å². The number of benzene rings is 1. The second-order valence-electron chi connectivity index (χ2n) is 7.89. The Labute approximate surface area is 207 Å². The van der Waals surface area contributed by atoms with E-state index in [-0.39, 0.29) is 36.4 Å². The molecule has 0 bridgehead atoms. The Hall–Kier alpha value is -1.65. The zero-order chi connectivity index (χ0) is 21.2. The molecule has 1 amide bonds. The molecular weight excluding hydrogens is 521 g/mol. The molecule has 0 unspecified atom stereocenters. The zero-order valence-electron chi connectivity index (χ0n) is 18.4. The van der Waals surface area contributed by atoms with Crippen molar-refractivity contribution in [1.29, 1.82) is 0 Å². The number of nitrogens with zero attached hydrogens (tertiary/aromatic N) is 3. The molecule has 0 aliphatic carbocycles. The van der Waals surface area contributed by atoms with Gasteiger partial charge in [-0.05, 0) is 36.3 Å². The highest BCUT2D eigenvalue weighted by Gasteiger charge is 2.20. The Kier molecular flexibility index (Phi) is 11.3. The summed E-state index contributed by atoms with van der Waals surface area (Å²) in [6.45, 7) is 4.09. The smallest absolute Gasteiger partial charge is 0.243 e. The number of amides is 1. The maximum Gasteiger partial charge on any atom is 0.243 e. The molecule has 1 aromatic carbocycles. The number of carbonyl (C=O) groups excluding carboxylic acids is 1. The van der Waals surface area contributed by atoms with Crippen LogP contribution in [0.25, 0.3) is 0 Å². The summed E-state index contributed by atoms with van der Waals surface area (Å²) in [7, 11) is 3.52. The lowest BCUT2D eigenvalue weighted by atomic mass is 10.0. The highest BCUT2D eigenvalue weighted by atomic mass is 127. The Morgan fingerprint density at radius 2 is 1.90 bits per heavy atom. The van der Waals surface area contributed by atoms with Gasteiger partial charge in [-0.15, -0.1) is 35.3 Å². The van der Waals surface area contributed by atoms with Gasteiger partial charge in [0.15, 0.2) is 5.96 Å². The number of likely N-dealkylation sites (N-methyl/N-ethyl adjacent to an activating group) is 1. The van der Waals surface area contributed by atoms with Crippen LogP contribution < -0.4 is 10.6 Å². The average Bonchev–Trinajstić information content (AvgIpc) is 3.27. The summed E-state index contributed by atoms with van der Waals surface area (Å²) < 4.78 is 0. The average molecular weight is 556 g/mol. The summed E-state index contributed by atoms with van der Waals surface area (Å²) in [6.07, 6.45) is 3.09. The number of carbonyl (C=O) groups is 1.